The molecule has 0 aromatic heterocycles. The van der Waals surface area contributed by atoms with Crippen molar-refractivity contribution in [3.05, 3.63) is 72.3 Å². The van der Waals surface area contributed by atoms with E-state index in [1.807, 2.05) is 29.6 Å². The lowest BCUT2D eigenvalue weighted by molar-refractivity contribution is -0.107. The second kappa shape index (κ2) is 8.32. The van der Waals surface area contributed by atoms with E-state index in [4.69, 9.17) is 0 Å². The molecule has 2 aromatic carbocycles. The summed E-state index contributed by atoms with van der Waals surface area (Å²) >= 11 is 5.37. The molecule has 1 heterocycles. The molecule has 3 rings (SSSR count). The number of carbonyl (C=O) groups excluding carboxylic acids is 1. The first-order chi connectivity index (χ1) is 11.6. The van der Waals surface area contributed by atoms with Crippen LogP contribution < -0.4 is 0 Å². The molecule has 0 amide bonds. The monoisotopic (exact) mass is 372 g/mol. The molecule has 4 heteroatoms. The fourth-order valence-electron chi connectivity index (χ4n) is 2.47. The number of hydrogen-bond donors (Lipinski definition) is 0. The van der Waals surface area contributed by atoms with Crippen molar-refractivity contribution in [3.8, 4) is 11.1 Å². The van der Waals surface area contributed by atoms with E-state index in [9.17, 15) is 4.79 Å². The molecule has 124 valence electrons. The molecular weight excluding hydrogens is 352 g/mol. The summed E-state index contributed by atoms with van der Waals surface area (Å²) in [4.78, 5) is 11.7. The highest BCUT2D eigenvalue weighted by Gasteiger charge is 2.27. The van der Waals surface area contributed by atoms with Crippen LogP contribution in [0.2, 0.25) is 0 Å². The Morgan fingerprint density at radius 1 is 1.12 bits per heavy atom. The largest absolute Gasteiger partial charge is 0.282 e. The topological polar surface area (TPSA) is 17.1 Å². The summed E-state index contributed by atoms with van der Waals surface area (Å²) in [6.45, 7) is 5.49. The smallest absolute Gasteiger partial charge is 0.214 e. The highest BCUT2D eigenvalue weighted by molar-refractivity contribution is 8.21. The van der Waals surface area contributed by atoms with Crippen LogP contribution in [-0.4, -0.2) is 21.9 Å². The Morgan fingerprint density at radius 3 is 2.46 bits per heavy atom. The Hall–Kier alpha value is -1.10. The van der Waals surface area contributed by atoms with Crippen molar-refractivity contribution < 1.29 is 4.79 Å². The molecule has 2 atom stereocenters. The summed E-state index contributed by atoms with van der Waals surface area (Å²) in [6, 6.07) is 19.3. The van der Waals surface area contributed by atoms with Crippen molar-refractivity contribution in [2.45, 2.75) is 16.8 Å². The molecule has 0 N–H and O–H groups in total. The highest BCUT2D eigenvalue weighted by atomic mass is 32.2. The molecule has 1 fully saturated rings. The zero-order valence-corrected chi connectivity index (χ0v) is 16.1. The predicted octanol–water partition coefficient (Wildman–Crippen LogP) is 6.04. The van der Waals surface area contributed by atoms with Gasteiger partial charge in [-0.2, -0.15) is 0 Å². The molecule has 24 heavy (non-hydrogen) atoms. The Bertz CT molecular complexity index is 709. The van der Waals surface area contributed by atoms with Gasteiger partial charge in [-0.15, -0.1) is 23.5 Å². The second-order valence-corrected chi connectivity index (χ2v) is 9.63. The number of carbonyl (C=O) groups is 1. The van der Waals surface area contributed by atoms with Crippen LogP contribution in [0, 0.1) is 0 Å². The first-order valence-electron chi connectivity index (χ1n) is 7.88. The molecule has 2 unspecified atom stereocenters. The average Bonchev–Trinajstić information content (AvgIpc) is 3.09. The number of thioether (sulfide) groups is 3. The van der Waals surface area contributed by atoms with Crippen LogP contribution in [0.25, 0.3) is 11.1 Å². The van der Waals surface area contributed by atoms with Gasteiger partial charge < -0.3 is 0 Å². The fourth-order valence-corrected chi connectivity index (χ4v) is 6.93. The fraction of sp³-hybridized carbons (Fsp3) is 0.250. The van der Waals surface area contributed by atoms with Crippen molar-refractivity contribution in [1.82, 2.24) is 0 Å². The van der Waals surface area contributed by atoms with Crippen LogP contribution >= 0.6 is 35.3 Å². The van der Waals surface area contributed by atoms with Gasteiger partial charge in [0.1, 0.15) is 0 Å². The van der Waals surface area contributed by atoms with Crippen molar-refractivity contribution >= 4 is 40.4 Å². The normalized spacial score (nSPS) is 20.0. The van der Waals surface area contributed by atoms with Crippen LogP contribution in [0.15, 0.2) is 66.7 Å². The third-order valence-electron chi connectivity index (χ3n) is 3.79. The summed E-state index contributed by atoms with van der Waals surface area (Å²) in [7, 11) is 0. The zero-order chi connectivity index (χ0) is 16.9. The third-order valence-corrected chi connectivity index (χ3v) is 8.54. The van der Waals surface area contributed by atoms with Crippen molar-refractivity contribution in [1.29, 1.82) is 0 Å². The van der Waals surface area contributed by atoms with Crippen molar-refractivity contribution in [3.63, 3.8) is 0 Å². The number of hydrogen-bond acceptors (Lipinski definition) is 4. The number of benzene rings is 2. The van der Waals surface area contributed by atoms with E-state index in [0.29, 0.717) is 15.4 Å². The maximum Gasteiger partial charge on any atom is 0.214 e. The molecular formula is C20H20OS3. The Balaban J connectivity index is 1.58. The van der Waals surface area contributed by atoms with E-state index in [1.54, 1.807) is 6.92 Å². The van der Waals surface area contributed by atoms with Crippen molar-refractivity contribution in [2.75, 3.05) is 11.5 Å². The molecule has 1 aliphatic rings. The summed E-state index contributed by atoms with van der Waals surface area (Å²) in [5, 5.41) is 0.651. The number of rotatable bonds is 5. The van der Waals surface area contributed by atoms with Gasteiger partial charge in [0.2, 0.25) is 5.12 Å². The molecule has 0 radical (unpaired) electrons. The van der Waals surface area contributed by atoms with E-state index in [0.717, 1.165) is 11.5 Å². The van der Waals surface area contributed by atoms with Gasteiger partial charge in [-0.25, -0.2) is 0 Å². The van der Waals surface area contributed by atoms with E-state index in [-0.39, 0.29) is 5.12 Å². The van der Waals surface area contributed by atoms with E-state index >= 15 is 0 Å². The van der Waals surface area contributed by atoms with Gasteiger partial charge in [0.05, 0.1) is 4.58 Å². The Kier molecular flexibility index (Phi) is 6.14. The van der Waals surface area contributed by atoms with Gasteiger partial charge >= 0.3 is 0 Å². The predicted molar refractivity (Wildman–Crippen MR) is 111 cm³/mol. The zero-order valence-electron chi connectivity index (χ0n) is 13.6. The standard InChI is InChI=1S/C20H20OS3/c1-14(2)19(21)22-12-18-13-23-20(24-18)17-10-8-16(9-11-17)15-6-4-3-5-7-15/h3-11,18,20H,1,12-13H2,2H3. The van der Waals surface area contributed by atoms with Crippen LogP contribution in [-0.2, 0) is 4.79 Å². The second-order valence-electron chi connectivity index (χ2n) is 5.79. The lowest BCUT2D eigenvalue weighted by Gasteiger charge is -2.11. The SMILES string of the molecule is C=C(C)C(=O)SCC1CSC(c2ccc(-c3ccccc3)cc2)S1. The van der Waals surface area contributed by atoms with Gasteiger partial charge in [0.15, 0.2) is 0 Å². The maximum atomic E-state index is 11.7. The van der Waals surface area contributed by atoms with Crippen LogP contribution in [0.1, 0.15) is 17.1 Å². The molecule has 0 bridgehead atoms. The summed E-state index contributed by atoms with van der Waals surface area (Å²) in [6.07, 6.45) is 0. The van der Waals surface area contributed by atoms with Gasteiger partial charge in [0.25, 0.3) is 0 Å². The van der Waals surface area contributed by atoms with Gasteiger partial charge in [0, 0.05) is 16.8 Å². The lowest BCUT2D eigenvalue weighted by Crippen LogP contribution is -2.07. The molecule has 2 aromatic rings. The molecule has 0 saturated carbocycles. The van der Waals surface area contributed by atoms with E-state index < -0.39 is 0 Å². The Labute approximate surface area is 156 Å². The first kappa shape index (κ1) is 17.7. The molecule has 0 aliphatic carbocycles. The maximum absolute atomic E-state index is 11.7. The summed E-state index contributed by atoms with van der Waals surface area (Å²) in [5.41, 5.74) is 4.52. The molecule has 1 nitrogen and oxygen atoms in total. The first-order valence-corrected chi connectivity index (χ1v) is 10.9. The summed E-state index contributed by atoms with van der Waals surface area (Å²) in [5.74, 6) is 1.98. The minimum atomic E-state index is 0.122. The quantitative estimate of drug-likeness (QED) is 0.595. The molecule has 1 saturated heterocycles. The lowest BCUT2D eigenvalue weighted by atomic mass is 10.0. The van der Waals surface area contributed by atoms with Gasteiger partial charge in [-0.1, -0.05) is 72.9 Å². The van der Waals surface area contributed by atoms with Crippen molar-refractivity contribution in [2.24, 2.45) is 0 Å². The van der Waals surface area contributed by atoms with E-state index in [1.165, 1.54) is 28.5 Å². The van der Waals surface area contributed by atoms with Gasteiger partial charge in [-0.05, 0) is 29.2 Å². The van der Waals surface area contributed by atoms with Crippen LogP contribution in [0.5, 0.6) is 0 Å². The molecule has 1 aliphatic heterocycles. The summed E-state index contributed by atoms with van der Waals surface area (Å²) < 4.78 is 0.473. The molecule has 0 spiro atoms. The average molecular weight is 373 g/mol. The van der Waals surface area contributed by atoms with Gasteiger partial charge in [-0.3, -0.25) is 4.79 Å². The highest BCUT2D eigenvalue weighted by Crippen LogP contribution is 2.50. The van der Waals surface area contributed by atoms with Crippen LogP contribution in [0.3, 0.4) is 0 Å². The van der Waals surface area contributed by atoms with E-state index in [2.05, 4.69) is 55.1 Å². The Morgan fingerprint density at radius 2 is 1.79 bits per heavy atom. The minimum absolute atomic E-state index is 0.122. The van der Waals surface area contributed by atoms with Crippen LogP contribution in [0.4, 0.5) is 0 Å². The minimum Gasteiger partial charge on any atom is -0.282 e. The third kappa shape index (κ3) is 4.50.